The van der Waals surface area contributed by atoms with Gasteiger partial charge in [-0.15, -0.1) is 0 Å². The van der Waals surface area contributed by atoms with Crippen molar-refractivity contribution in [3.05, 3.63) is 16.5 Å². The maximum absolute atomic E-state index is 4.80. The molecule has 1 aliphatic carbocycles. The molecule has 2 heterocycles. The first-order valence-electron chi connectivity index (χ1n) is 7.09. The monoisotopic (exact) mass is 309 g/mol. The fraction of sp³-hybridized carbons (Fsp3) is 0.714. The zero-order valence-electron chi connectivity index (χ0n) is 10.9. The SMILES string of the molecule is CCC1CCCCN1c1cc(Br)nc(C2CC2)n1. The molecule has 4 heteroatoms. The van der Waals surface area contributed by atoms with Crippen molar-refractivity contribution >= 4 is 21.7 Å². The summed E-state index contributed by atoms with van der Waals surface area (Å²) in [6.07, 6.45) is 7.67. The van der Waals surface area contributed by atoms with Gasteiger partial charge in [0.2, 0.25) is 0 Å². The summed E-state index contributed by atoms with van der Waals surface area (Å²) in [7, 11) is 0. The summed E-state index contributed by atoms with van der Waals surface area (Å²) >= 11 is 3.54. The second-order valence-electron chi connectivity index (χ2n) is 5.43. The predicted octanol–water partition coefficient (Wildman–Crippen LogP) is 3.89. The summed E-state index contributed by atoms with van der Waals surface area (Å²) in [5.74, 6) is 2.79. The van der Waals surface area contributed by atoms with Crippen LogP contribution >= 0.6 is 15.9 Å². The zero-order chi connectivity index (χ0) is 12.5. The van der Waals surface area contributed by atoms with Crippen LogP contribution in [0.25, 0.3) is 0 Å². The summed E-state index contributed by atoms with van der Waals surface area (Å²) in [5.41, 5.74) is 0. The van der Waals surface area contributed by atoms with Crippen molar-refractivity contribution in [3.8, 4) is 0 Å². The summed E-state index contributed by atoms with van der Waals surface area (Å²) in [5, 5.41) is 0. The third-order valence-corrected chi connectivity index (χ3v) is 4.44. The van der Waals surface area contributed by atoms with Crippen LogP contribution in [0.2, 0.25) is 0 Å². The lowest BCUT2D eigenvalue weighted by molar-refractivity contribution is 0.446. The Kier molecular flexibility index (Phi) is 3.55. The van der Waals surface area contributed by atoms with Gasteiger partial charge < -0.3 is 4.90 Å². The van der Waals surface area contributed by atoms with Gasteiger partial charge in [0.05, 0.1) is 0 Å². The van der Waals surface area contributed by atoms with E-state index in [1.165, 1.54) is 38.5 Å². The molecule has 2 fully saturated rings. The highest BCUT2D eigenvalue weighted by Crippen LogP contribution is 2.39. The summed E-state index contributed by atoms with van der Waals surface area (Å²) in [6, 6.07) is 2.74. The fourth-order valence-electron chi connectivity index (χ4n) is 2.82. The summed E-state index contributed by atoms with van der Waals surface area (Å²) in [4.78, 5) is 11.8. The Balaban J connectivity index is 1.89. The average Bonchev–Trinajstić information content (AvgIpc) is 3.22. The molecule has 0 amide bonds. The van der Waals surface area contributed by atoms with E-state index >= 15 is 0 Å². The van der Waals surface area contributed by atoms with Crippen LogP contribution in [-0.2, 0) is 0 Å². The van der Waals surface area contributed by atoms with Crippen LogP contribution in [-0.4, -0.2) is 22.6 Å². The highest BCUT2D eigenvalue weighted by atomic mass is 79.9. The molecule has 1 unspecified atom stereocenters. The van der Waals surface area contributed by atoms with Crippen molar-refractivity contribution in [2.75, 3.05) is 11.4 Å². The lowest BCUT2D eigenvalue weighted by Gasteiger charge is -2.36. The van der Waals surface area contributed by atoms with Crippen molar-refractivity contribution < 1.29 is 0 Å². The topological polar surface area (TPSA) is 29.0 Å². The second-order valence-corrected chi connectivity index (χ2v) is 6.25. The minimum atomic E-state index is 0.617. The van der Waals surface area contributed by atoms with Gasteiger partial charge in [-0.2, -0.15) is 0 Å². The molecule has 1 aromatic heterocycles. The molecule has 3 nitrogen and oxygen atoms in total. The molecule has 0 N–H and O–H groups in total. The van der Waals surface area contributed by atoms with Crippen LogP contribution in [0.5, 0.6) is 0 Å². The van der Waals surface area contributed by atoms with E-state index in [0.29, 0.717) is 12.0 Å². The van der Waals surface area contributed by atoms with Gasteiger partial charge in [-0.25, -0.2) is 9.97 Å². The highest BCUT2D eigenvalue weighted by molar-refractivity contribution is 9.10. The summed E-state index contributed by atoms with van der Waals surface area (Å²) < 4.78 is 0.940. The number of halogens is 1. The molecule has 1 saturated carbocycles. The van der Waals surface area contributed by atoms with Gasteiger partial charge in [0.15, 0.2) is 0 Å². The number of aromatic nitrogens is 2. The van der Waals surface area contributed by atoms with Crippen molar-refractivity contribution in [1.29, 1.82) is 0 Å². The highest BCUT2D eigenvalue weighted by Gasteiger charge is 2.29. The van der Waals surface area contributed by atoms with E-state index in [4.69, 9.17) is 4.98 Å². The van der Waals surface area contributed by atoms with Gasteiger partial charge in [0, 0.05) is 24.6 Å². The molecule has 1 saturated heterocycles. The molecule has 18 heavy (non-hydrogen) atoms. The number of hydrogen-bond donors (Lipinski definition) is 0. The van der Waals surface area contributed by atoms with E-state index in [1.807, 2.05) is 0 Å². The fourth-order valence-corrected chi connectivity index (χ4v) is 3.21. The van der Waals surface area contributed by atoms with Crippen LogP contribution < -0.4 is 4.90 Å². The molecule has 1 aliphatic heterocycles. The van der Waals surface area contributed by atoms with Crippen LogP contribution in [0.4, 0.5) is 5.82 Å². The maximum Gasteiger partial charge on any atom is 0.135 e. The van der Waals surface area contributed by atoms with Gasteiger partial charge in [-0.3, -0.25) is 0 Å². The first-order valence-corrected chi connectivity index (χ1v) is 7.88. The van der Waals surface area contributed by atoms with Crippen molar-refractivity contribution in [2.45, 2.75) is 57.4 Å². The lowest BCUT2D eigenvalue weighted by atomic mass is 10.0. The van der Waals surface area contributed by atoms with Gasteiger partial charge >= 0.3 is 0 Å². The Morgan fingerprint density at radius 1 is 1.28 bits per heavy atom. The maximum atomic E-state index is 4.80. The van der Waals surface area contributed by atoms with Gasteiger partial charge in [-0.05, 0) is 54.5 Å². The number of nitrogens with zero attached hydrogens (tertiary/aromatic N) is 3. The number of rotatable bonds is 3. The average molecular weight is 310 g/mol. The Morgan fingerprint density at radius 3 is 2.83 bits per heavy atom. The molecular formula is C14H20BrN3. The van der Waals surface area contributed by atoms with Gasteiger partial charge in [0.1, 0.15) is 16.2 Å². The van der Waals surface area contributed by atoms with Crippen LogP contribution in [0, 0.1) is 0 Å². The number of hydrogen-bond acceptors (Lipinski definition) is 3. The second kappa shape index (κ2) is 5.16. The molecule has 98 valence electrons. The van der Waals surface area contributed by atoms with Crippen LogP contribution in [0.3, 0.4) is 0 Å². The Labute approximate surface area is 117 Å². The Bertz CT molecular complexity index is 431. The molecule has 3 rings (SSSR count). The molecule has 1 atom stereocenters. The molecule has 2 aliphatic rings. The van der Waals surface area contributed by atoms with E-state index in [2.05, 4.69) is 38.8 Å². The van der Waals surface area contributed by atoms with E-state index in [1.54, 1.807) is 0 Å². The van der Waals surface area contributed by atoms with Crippen LogP contribution in [0.15, 0.2) is 10.7 Å². The van der Waals surface area contributed by atoms with Crippen molar-refractivity contribution in [2.24, 2.45) is 0 Å². The third-order valence-electron chi connectivity index (χ3n) is 4.03. The first-order chi connectivity index (χ1) is 8.78. The van der Waals surface area contributed by atoms with Gasteiger partial charge in [-0.1, -0.05) is 6.92 Å². The molecular weight excluding hydrogens is 290 g/mol. The third kappa shape index (κ3) is 2.53. The lowest BCUT2D eigenvalue weighted by Crippen LogP contribution is -2.39. The van der Waals surface area contributed by atoms with E-state index in [-0.39, 0.29) is 0 Å². The Morgan fingerprint density at radius 2 is 2.11 bits per heavy atom. The van der Waals surface area contributed by atoms with Crippen molar-refractivity contribution in [1.82, 2.24) is 9.97 Å². The molecule has 1 aromatic rings. The zero-order valence-corrected chi connectivity index (χ0v) is 12.5. The van der Waals surface area contributed by atoms with Crippen molar-refractivity contribution in [3.63, 3.8) is 0 Å². The number of piperidine rings is 1. The largest absolute Gasteiger partial charge is 0.354 e. The predicted molar refractivity (Wildman–Crippen MR) is 77.0 cm³/mol. The van der Waals surface area contributed by atoms with Crippen LogP contribution in [0.1, 0.15) is 57.2 Å². The standard InChI is InChI=1S/C14H20BrN3/c1-2-11-5-3-4-8-18(11)13-9-12(15)16-14(17-13)10-6-7-10/h9-11H,2-8H2,1H3. The quantitative estimate of drug-likeness (QED) is 0.793. The number of anilines is 1. The summed E-state index contributed by atoms with van der Waals surface area (Å²) in [6.45, 7) is 3.42. The normalized spacial score (nSPS) is 24.3. The molecule has 0 bridgehead atoms. The van der Waals surface area contributed by atoms with E-state index in [0.717, 1.165) is 22.8 Å². The minimum absolute atomic E-state index is 0.617. The molecule has 0 spiro atoms. The van der Waals surface area contributed by atoms with E-state index in [9.17, 15) is 0 Å². The van der Waals surface area contributed by atoms with E-state index < -0.39 is 0 Å². The smallest absolute Gasteiger partial charge is 0.135 e. The first kappa shape index (κ1) is 12.4. The molecule has 0 aromatic carbocycles. The minimum Gasteiger partial charge on any atom is -0.354 e. The molecule has 0 radical (unpaired) electrons. The Hall–Kier alpha value is -0.640. The van der Waals surface area contributed by atoms with Gasteiger partial charge in [0.25, 0.3) is 0 Å².